The highest BCUT2D eigenvalue weighted by molar-refractivity contribution is 5.90. The molecule has 170 valence electrons. The molecule has 31 heavy (non-hydrogen) atoms. The molecule has 3 nitrogen and oxygen atoms in total. The summed E-state index contributed by atoms with van der Waals surface area (Å²) < 4.78 is 25.7. The minimum absolute atomic E-state index is 0.00975. The summed E-state index contributed by atoms with van der Waals surface area (Å²) in [6, 6.07) is 12.1. The first-order valence-corrected chi connectivity index (χ1v) is 11.8. The molecule has 0 saturated heterocycles. The van der Waals surface area contributed by atoms with Crippen LogP contribution in [-0.4, -0.2) is 18.7 Å². The van der Waals surface area contributed by atoms with Crippen molar-refractivity contribution in [2.45, 2.75) is 84.7 Å². The van der Waals surface area contributed by atoms with Gasteiger partial charge in [-0.2, -0.15) is 0 Å². The van der Waals surface area contributed by atoms with Gasteiger partial charge in [-0.05, 0) is 61.6 Å². The number of hydrogen-bond acceptors (Lipinski definition) is 3. The van der Waals surface area contributed by atoms with Crippen LogP contribution in [0.5, 0.6) is 5.75 Å². The van der Waals surface area contributed by atoms with E-state index in [1.807, 2.05) is 25.1 Å². The van der Waals surface area contributed by atoms with Gasteiger partial charge in [-0.1, -0.05) is 70.6 Å². The largest absolute Gasteiger partial charge is 0.488 e. The van der Waals surface area contributed by atoms with Crippen molar-refractivity contribution in [3.63, 3.8) is 0 Å². The molecule has 1 atom stereocenters. The first kappa shape index (κ1) is 24.9. The minimum Gasteiger partial charge on any atom is -0.488 e. The number of benzene rings is 2. The maximum atomic E-state index is 14.6. The Morgan fingerprint density at radius 1 is 0.871 bits per heavy atom. The van der Waals surface area contributed by atoms with Crippen LogP contribution in [0.15, 0.2) is 42.5 Å². The van der Waals surface area contributed by atoms with Crippen LogP contribution < -0.4 is 4.74 Å². The fraction of sp³-hybridized carbons (Fsp3) is 0.519. The Kier molecular flexibility index (Phi) is 11.1. The molecule has 2 aromatic carbocycles. The Hall–Kier alpha value is -2.36. The van der Waals surface area contributed by atoms with E-state index in [0.29, 0.717) is 12.2 Å². The number of esters is 1. The molecule has 4 heteroatoms. The molecule has 0 aromatic heterocycles. The highest BCUT2D eigenvalue weighted by atomic mass is 19.1. The number of unbranched alkanes of at least 4 members (excludes halogenated alkanes) is 6. The summed E-state index contributed by atoms with van der Waals surface area (Å²) in [6.07, 6.45) is 9.91. The van der Waals surface area contributed by atoms with Crippen LogP contribution in [0.1, 0.15) is 88.9 Å². The molecule has 2 aromatic rings. The van der Waals surface area contributed by atoms with E-state index in [-0.39, 0.29) is 23.6 Å². The smallest absolute Gasteiger partial charge is 0.338 e. The van der Waals surface area contributed by atoms with Gasteiger partial charge in [0.05, 0.1) is 18.3 Å². The van der Waals surface area contributed by atoms with E-state index < -0.39 is 0 Å². The number of rotatable bonds is 14. The van der Waals surface area contributed by atoms with Gasteiger partial charge in [0.2, 0.25) is 0 Å². The van der Waals surface area contributed by atoms with Crippen molar-refractivity contribution in [2.24, 2.45) is 0 Å². The van der Waals surface area contributed by atoms with Crippen LogP contribution >= 0.6 is 0 Å². The van der Waals surface area contributed by atoms with E-state index in [0.717, 1.165) is 49.7 Å². The summed E-state index contributed by atoms with van der Waals surface area (Å²) in [6.45, 7) is 6.77. The third-order valence-electron chi connectivity index (χ3n) is 5.41. The van der Waals surface area contributed by atoms with Crippen LogP contribution in [0, 0.1) is 5.82 Å². The Bertz CT molecular complexity index is 786. The van der Waals surface area contributed by atoms with E-state index in [9.17, 15) is 9.18 Å². The molecule has 0 spiro atoms. The Morgan fingerprint density at radius 2 is 1.52 bits per heavy atom. The van der Waals surface area contributed by atoms with Gasteiger partial charge in [0.1, 0.15) is 0 Å². The Morgan fingerprint density at radius 3 is 2.16 bits per heavy atom. The lowest BCUT2D eigenvalue weighted by atomic mass is 10.0. The van der Waals surface area contributed by atoms with Gasteiger partial charge < -0.3 is 9.47 Å². The summed E-state index contributed by atoms with van der Waals surface area (Å²) in [5.41, 5.74) is 2.11. The second-order valence-corrected chi connectivity index (χ2v) is 8.20. The normalized spacial score (nSPS) is 11.9. The molecule has 0 N–H and O–H groups in total. The highest BCUT2D eigenvalue weighted by Gasteiger charge is 2.12. The van der Waals surface area contributed by atoms with E-state index in [1.165, 1.54) is 25.3 Å². The topological polar surface area (TPSA) is 35.5 Å². The van der Waals surface area contributed by atoms with Crippen molar-refractivity contribution < 1.29 is 18.7 Å². The van der Waals surface area contributed by atoms with Crippen LogP contribution in [0.2, 0.25) is 0 Å². The molecule has 0 fully saturated rings. The van der Waals surface area contributed by atoms with Gasteiger partial charge in [0, 0.05) is 0 Å². The van der Waals surface area contributed by atoms with Crippen molar-refractivity contribution in [1.82, 2.24) is 0 Å². The lowest BCUT2D eigenvalue weighted by Crippen LogP contribution is -2.12. The maximum Gasteiger partial charge on any atom is 0.338 e. The standard InChI is InChI=1S/C27H37FO3/c1-4-6-8-10-12-21(3)31-26-18-17-24(20-25(26)28)22-13-15-23(16-14-22)27(29)30-19-11-9-7-5-2/h13-18,20-21H,4-12,19H2,1-3H3/t21-/m0/s1. The van der Waals surface area contributed by atoms with E-state index in [4.69, 9.17) is 9.47 Å². The van der Waals surface area contributed by atoms with Gasteiger partial charge in [-0.25, -0.2) is 9.18 Å². The van der Waals surface area contributed by atoms with Crippen molar-refractivity contribution >= 4 is 5.97 Å². The zero-order valence-corrected chi connectivity index (χ0v) is 19.3. The number of hydrogen-bond donors (Lipinski definition) is 0. The zero-order chi connectivity index (χ0) is 22.5. The molecule has 0 bridgehead atoms. The first-order valence-electron chi connectivity index (χ1n) is 11.8. The summed E-state index contributed by atoms with van der Waals surface area (Å²) in [4.78, 5) is 12.1. The second-order valence-electron chi connectivity index (χ2n) is 8.20. The SMILES string of the molecule is CCCCCCOC(=O)c1ccc(-c2ccc(O[C@@H](C)CCCCCC)c(F)c2)cc1. The van der Waals surface area contributed by atoms with Crippen molar-refractivity contribution in [3.8, 4) is 16.9 Å². The number of halogens is 1. The second kappa shape index (κ2) is 13.8. The predicted molar refractivity (Wildman–Crippen MR) is 125 cm³/mol. The van der Waals surface area contributed by atoms with Crippen LogP contribution in [0.4, 0.5) is 4.39 Å². The minimum atomic E-state index is -0.367. The van der Waals surface area contributed by atoms with Gasteiger partial charge in [0.25, 0.3) is 0 Å². The molecular weight excluding hydrogens is 391 g/mol. The van der Waals surface area contributed by atoms with E-state index in [1.54, 1.807) is 18.2 Å². The van der Waals surface area contributed by atoms with Gasteiger partial charge in [-0.3, -0.25) is 0 Å². The highest BCUT2D eigenvalue weighted by Crippen LogP contribution is 2.27. The van der Waals surface area contributed by atoms with Crippen LogP contribution in [0.3, 0.4) is 0 Å². The third kappa shape index (κ3) is 8.72. The van der Waals surface area contributed by atoms with E-state index in [2.05, 4.69) is 13.8 Å². The molecule has 0 aliphatic carbocycles. The Balaban J connectivity index is 1.90. The average Bonchev–Trinajstić information content (AvgIpc) is 2.78. The van der Waals surface area contributed by atoms with Crippen molar-refractivity contribution in [3.05, 3.63) is 53.8 Å². The lowest BCUT2D eigenvalue weighted by molar-refractivity contribution is 0.0498. The van der Waals surface area contributed by atoms with Crippen LogP contribution in [-0.2, 0) is 4.74 Å². The molecular formula is C27H37FO3. The molecule has 2 rings (SSSR count). The van der Waals surface area contributed by atoms with Crippen molar-refractivity contribution in [1.29, 1.82) is 0 Å². The molecule has 0 saturated carbocycles. The summed E-state index contributed by atoms with van der Waals surface area (Å²) in [7, 11) is 0. The van der Waals surface area contributed by atoms with E-state index >= 15 is 0 Å². The third-order valence-corrected chi connectivity index (χ3v) is 5.41. The summed E-state index contributed by atoms with van der Waals surface area (Å²) >= 11 is 0. The molecule has 0 heterocycles. The Labute approximate surface area is 187 Å². The van der Waals surface area contributed by atoms with Crippen molar-refractivity contribution in [2.75, 3.05) is 6.61 Å². The van der Waals surface area contributed by atoms with Crippen LogP contribution in [0.25, 0.3) is 11.1 Å². The molecule has 0 amide bonds. The lowest BCUT2D eigenvalue weighted by Gasteiger charge is -2.16. The van der Waals surface area contributed by atoms with Gasteiger partial charge in [0.15, 0.2) is 11.6 Å². The van der Waals surface area contributed by atoms with Gasteiger partial charge in [-0.15, -0.1) is 0 Å². The average molecular weight is 429 g/mol. The number of carbonyl (C=O) groups excluding carboxylic acids is 1. The predicted octanol–water partition coefficient (Wildman–Crippen LogP) is 7.97. The number of carbonyl (C=O) groups is 1. The summed E-state index contributed by atoms with van der Waals surface area (Å²) in [5, 5.41) is 0. The number of ether oxygens (including phenoxy) is 2. The maximum absolute atomic E-state index is 14.6. The molecule has 0 aliphatic heterocycles. The summed E-state index contributed by atoms with van der Waals surface area (Å²) in [5.74, 6) is -0.394. The molecule has 0 unspecified atom stereocenters. The van der Waals surface area contributed by atoms with Gasteiger partial charge >= 0.3 is 5.97 Å². The quantitative estimate of drug-likeness (QED) is 0.226. The fourth-order valence-corrected chi connectivity index (χ4v) is 3.49. The fourth-order valence-electron chi connectivity index (χ4n) is 3.49. The monoisotopic (exact) mass is 428 g/mol. The zero-order valence-electron chi connectivity index (χ0n) is 19.3. The first-order chi connectivity index (χ1) is 15.0. The molecule has 0 radical (unpaired) electrons. The molecule has 0 aliphatic rings.